The highest BCUT2D eigenvalue weighted by molar-refractivity contribution is 7.89. The van der Waals surface area contributed by atoms with Crippen LogP contribution < -0.4 is 9.62 Å². The number of amides is 1. The smallest absolute Gasteiger partial charge is 0.258 e. The van der Waals surface area contributed by atoms with Crippen molar-refractivity contribution >= 4 is 21.6 Å². The fourth-order valence-electron chi connectivity index (χ4n) is 2.14. The normalized spacial score (nSPS) is 11.5. The first-order valence-electron chi connectivity index (χ1n) is 7.27. The molecule has 0 spiro atoms. The molecule has 122 valence electrons. The highest BCUT2D eigenvalue weighted by Gasteiger charge is 2.19. The van der Waals surface area contributed by atoms with E-state index in [-0.39, 0.29) is 16.8 Å². The maximum Gasteiger partial charge on any atom is 0.258 e. The minimum atomic E-state index is -3.63. The molecule has 0 bridgehead atoms. The van der Waals surface area contributed by atoms with E-state index in [9.17, 15) is 13.2 Å². The first-order valence-corrected chi connectivity index (χ1v) is 8.75. The molecule has 0 radical (unpaired) electrons. The number of benzene rings is 2. The Hall–Kier alpha value is -2.18. The first kappa shape index (κ1) is 17.2. The Labute approximate surface area is 137 Å². The van der Waals surface area contributed by atoms with E-state index in [4.69, 9.17) is 0 Å². The molecule has 0 saturated heterocycles. The van der Waals surface area contributed by atoms with Gasteiger partial charge < -0.3 is 4.90 Å². The lowest BCUT2D eigenvalue weighted by Crippen LogP contribution is -2.31. The minimum Gasteiger partial charge on any atom is -0.311 e. The van der Waals surface area contributed by atoms with E-state index >= 15 is 0 Å². The van der Waals surface area contributed by atoms with Crippen molar-refractivity contribution in [3.8, 4) is 0 Å². The van der Waals surface area contributed by atoms with Gasteiger partial charge in [0, 0.05) is 24.3 Å². The Balaban J connectivity index is 2.31. The number of sulfonamides is 1. The van der Waals surface area contributed by atoms with Crippen LogP contribution in [0.5, 0.6) is 0 Å². The third-order valence-corrected chi connectivity index (χ3v) is 4.89. The zero-order chi connectivity index (χ0) is 17.0. The summed E-state index contributed by atoms with van der Waals surface area (Å²) in [5, 5.41) is 0. The standard InChI is InChI=1S/C17H20N2O3S/c1-13(2)18-23(21,22)16-11-7-8-14(12-16)17(20)19(3)15-9-5-4-6-10-15/h4-13,18H,1-3H3. The molecule has 2 aromatic rings. The molecule has 1 N–H and O–H groups in total. The molecule has 0 saturated carbocycles. The zero-order valence-corrected chi connectivity index (χ0v) is 14.2. The molecule has 1 amide bonds. The fourth-order valence-corrected chi connectivity index (χ4v) is 3.43. The molecule has 0 atom stereocenters. The molecule has 0 aliphatic rings. The summed E-state index contributed by atoms with van der Waals surface area (Å²) >= 11 is 0. The van der Waals surface area contributed by atoms with Crippen molar-refractivity contribution in [2.24, 2.45) is 0 Å². The van der Waals surface area contributed by atoms with Gasteiger partial charge in [-0.3, -0.25) is 4.79 Å². The summed E-state index contributed by atoms with van der Waals surface area (Å²) in [6.07, 6.45) is 0. The van der Waals surface area contributed by atoms with Crippen molar-refractivity contribution in [2.75, 3.05) is 11.9 Å². The van der Waals surface area contributed by atoms with Crippen molar-refractivity contribution in [3.05, 3.63) is 60.2 Å². The molecule has 5 nitrogen and oxygen atoms in total. The summed E-state index contributed by atoms with van der Waals surface area (Å²) in [7, 11) is -1.97. The lowest BCUT2D eigenvalue weighted by atomic mass is 10.2. The van der Waals surface area contributed by atoms with Gasteiger partial charge in [-0.05, 0) is 44.2 Å². The minimum absolute atomic E-state index is 0.0820. The molecule has 0 aliphatic heterocycles. The molecule has 0 unspecified atom stereocenters. The van der Waals surface area contributed by atoms with Gasteiger partial charge in [0.1, 0.15) is 0 Å². The molecular formula is C17H20N2O3S. The van der Waals surface area contributed by atoms with Crippen molar-refractivity contribution < 1.29 is 13.2 Å². The van der Waals surface area contributed by atoms with E-state index in [0.717, 1.165) is 5.69 Å². The fraction of sp³-hybridized carbons (Fsp3) is 0.235. The predicted octanol–water partition coefficient (Wildman–Crippen LogP) is 2.65. The Kier molecular flexibility index (Phi) is 5.18. The maximum absolute atomic E-state index is 12.6. The highest BCUT2D eigenvalue weighted by atomic mass is 32.2. The topological polar surface area (TPSA) is 66.5 Å². The number of hydrogen-bond donors (Lipinski definition) is 1. The second-order valence-electron chi connectivity index (χ2n) is 5.50. The summed E-state index contributed by atoms with van der Waals surface area (Å²) in [5.41, 5.74) is 1.06. The summed E-state index contributed by atoms with van der Waals surface area (Å²) in [5.74, 6) is -0.266. The number of nitrogens with zero attached hydrogens (tertiary/aromatic N) is 1. The largest absolute Gasteiger partial charge is 0.311 e. The number of para-hydroxylation sites is 1. The number of rotatable bonds is 5. The Morgan fingerprint density at radius 3 is 2.30 bits per heavy atom. The van der Waals surface area contributed by atoms with Crippen LogP contribution in [0.3, 0.4) is 0 Å². The second-order valence-corrected chi connectivity index (χ2v) is 7.22. The van der Waals surface area contributed by atoms with Gasteiger partial charge in [0.05, 0.1) is 4.90 Å². The van der Waals surface area contributed by atoms with Gasteiger partial charge in [-0.1, -0.05) is 24.3 Å². The third kappa shape index (κ3) is 4.18. The molecular weight excluding hydrogens is 312 g/mol. The van der Waals surface area contributed by atoms with Gasteiger partial charge >= 0.3 is 0 Å². The Bertz CT molecular complexity index is 786. The van der Waals surface area contributed by atoms with E-state index in [1.54, 1.807) is 33.0 Å². The maximum atomic E-state index is 12.6. The predicted molar refractivity (Wildman–Crippen MR) is 91.1 cm³/mol. The lowest BCUT2D eigenvalue weighted by molar-refractivity contribution is 0.0993. The Morgan fingerprint density at radius 2 is 1.70 bits per heavy atom. The van der Waals surface area contributed by atoms with Crippen LogP contribution in [0.15, 0.2) is 59.5 Å². The van der Waals surface area contributed by atoms with Crippen LogP contribution in [0.2, 0.25) is 0 Å². The molecule has 0 aromatic heterocycles. The average Bonchev–Trinajstić information content (AvgIpc) is 2.53. The quantitative estimate of drug-likeness (QED) is 0.915. The van der Waals surface area contributed by atoms with Crippen LogP contribution >= 0.6 is 0 Å². The van der Waals surface area contributed by atoms with E-state index in [0.29, 0.717) is 5.56 Å². The van der Waals surface area contributed by atoms with Crippen molar-refractivity contribution in [1.82, 2.24) is 4.72 Å². The molecule has 2 rings (SSSR count). The molecule has 0 heterocycles. The molecule has 2 aromatic carbocycles. The molecule has 0 aliphatic carbocycles. The van der Waals surface area contributed by atoms with E-state index in [1.165, 1.54) is 17.0 Å². The van der Waals surface area contributed by atoms with Gasteiger partial charge in [-0.2, -0.15) is 0 Å². The highest BCUT2D eigenvalue weighted by Crippen LogP contribution is 2.17. The second kappa shape index (κ2) is 6.93. The van der Waals surface area contributed by atoms with Crippen LogP contribution in [-0.4, -0.2) is 27.4 Å². The molecule has 23 heavy (non-hydrogen) atoms. The van der Waals surface area contributed by atoms with Crippen molar-refractivity contribution in [1.29, 1.82) is 0 Å². The number of hydrogen-bond acceptors (Lipinski definition) is 3. The van der Waals surface area contributed by atoms with Crippen LogP contribution in [0.1, 0.15) is 24.2 Å². The third-order valence-electron chi connectivity index (χ3n) is 3.23. The van der Waals surface area contributed by atoms with Crippen LogP contribution in [-0.2, 0) is 10.0 Å². The van der Waals surface area contributed by atoms with Crippen LogP contribution in [0, 0.1) is 0 Å². The van der Waals surface area contributed by atoms with Crippen LogP contribution in [0.4, 0.5) is 5.69 Å². The number of nitrogens with one attached hydrogen (secondary N) is 1. The Morgan fingerprint density at radius 1 is 1.04 bits per heavy atom. The van der Waals surface area contributed by atoms with Crippen LogP contribution in [0.25, 0.3) is 0 Å². The number of carbonyl (C=O) groups is 1. The number of anilines is 1. The summed E-state index contributed by atoms with van der Waals surface area (Å²) in [6, 6.07) is 15.0. The summed E-state index contributed by atoms with van der Waals surface area (Å²) in [4.78, 5) is 14.1. The summed E-state index contributed by atoms with van der Waals surface area (Å²) in [6.45, 7) is 3.49. The van der Waals surface area contributed by atoms with Gasteiger partial charge in [-0.15, -0.1) is 0 Å². The number of carbonyl (C=O) groups excluding carboxylic acids is 1. The van der Waals surface area contributed by atoms with E-state index in [2.05, 4.69) is 4.72 Å². The zero-order valence-electron chi connectivity index (χ0n) is 13.4. The molecule has 6 heteroatoms. The van der Waals surface area contributed by atoms with Crippen molar-refractivity contribution in [2.45, 2.75) is 24.8 Å². The first-order chi connectivity index (χ1) is 10.8. The average molecular weight is 332 g/mol. The summed E-state index contributed by atoms with van der Waals surface area (Å²) < 4.78 is 27.0. The van der Waals surface area contributed by atoms with E-state index < -0.39 is 10.0 Å². The van der Waals surface area contributed by atoms with Gasteiger partial charge in [-0.25, -0.2) is 13.1 Å². The monoisotopic (exact) mass is 332 g/mol. The van der Waals surface area contributed by atoms with E-state index in [1.807, 2.05) is 30.3 Å². The lowest BCUT2D eigenvalue weighted by Gasteiger charge is -2.18. The van der Waals surface area contributed by atoms with Gasteiger partial charge in [0.15, 0.2) is 0 Å². The van der Waals surface area contributed by atoms with Gasteiger partial charge in [0.2, 0.25) is 10.0 Å². The van der Waals surface area contributed by atoms with Crippen molar-refractivity contribution in [3.63, 3.8) is 0 Å². The molecule has 0 fully saturated rings. The van der Waals surface area contributed by atoms with Gasteiger partial charge in [0.25, 0.3) is 5.91 Å². The SMILES string of the molecule is CC(C)NS(=O)(=O)c1cccc(C(=O)N(C)c2ccccc2)c1.